The molecular weight excluding hydrogens is 396 g/mol. The standard InChI is InChI=1S/C15H24O.C14H22O2/c1-2-8-3-9-5-12(8)15-13-6-10(14(9)15)4-11(13)7-16;15-5-9-1-7-3-11(9)14-8-2-10(6-16)12(4-8)13(7)14/h8-16H,2-7H2,1H3;7-16H,1-6H2. The van der Waals surface area contributed by atoms with Crippen molar-refractivity contribution in [3.63, 3.8) is 0 Å². The Labute approximate surface area is 194 Å². The molecule has 180 valence electrons. The maximum Gasteiger partial charge on any atom is 0.0462 e. The van der Waals surface area contributed by atoms with Gasteiger partial charge in [-0.05, 0) is 146 Å². The van der Waals surface area contributed by atoms with Crippen molar-refractivity contribution >= 4 is 0 Å². The Hall–Kier alpha value is -0.120. The predicted octanol–water partition coefficient (Wildman–Crippen LogP) is 4.45. The van der Waals surface area contributed by atoms with Gasteiger partial charge in [-0.1, -0.05) is 13.3 Å². The molecule has 3 nitrogen and oxygen atoms in total. The predicted molar refractivity (Wildman–Crippen MR) is 124 cm³/mol. The molecule has 0 aromatic heterocycles. The summed E-state index contributed by atoms with van der Waals surface area (Å²) in [5.41, 5.74) is 0. The van der Waals surface area contributed by atoms with Crippen LogP contribution in [0.25, 0.3) is 0 Å². The molecule has 8 aliphatic carbocycles. The molecule has 0 saturated heterocycles. The third-order valence-corrected chi connectivity index (χ3v) is 13.4. The van der Waals surface area contributed by atoms with E-state index >= 15 is 0 Å². The highest BCUT2D eigenvalue weighted by molar-refractivity contribution is 5.13. The Morgan fingerprint density at radius 1 is 0.438 bits per heavy atom. The van der Waals surface area contributed by atoms with Crippen molar-refractivity contribution in [1.82, 2.24) is 0 Å². The van der Waals surface area contributed by atoms with Crippen LogP contribution in [0.15, 0.2) is 0 Å². The minimum Gasteiger partial charge on any atom is -0.396 e. The van der Waals surface area contributed by atoms with Crippen LogP contribution in [0.3, 0.4) is 0 Å². The third kappa shape index (κ3) is 2.71. The fraction of sp³-hybridized carbons (Fsp3) is 1.00. The number of fused-ring (bicyclic) bond motifs is 18. The number of hydrogen-bond acceptors (Lipinski definition) is 3. The number of rotatable bonds is 4. The van der Waals surface area contributed by atoms with Gasteiger partial charge in [-0.25, -0.2) is 0 Å². The summed E-state index contributed by atoms with van der Waals surface area (Å²) >= 11 is 0. The van der Waals surface area contributed by atoms with Crippen molar-refractivity contribution in [2.24, 2.45) is 94.7 Å². The Balaban J connectivity index is 0.000000113. The van der Waals surface area contributed by atoms with Gasteiger partial charge in [0.1, 0.15) is 0 Å². The van der Waals surface area contributed by atoms with Crippen molar-refractivity contribution in [3.05, 3.63) is 0 Å². The van der Waals surface area contributed by atoms with Crippen LogP contribution in [0, 0.1) is 94.7 Å². The van der Waals surface area contributed by atoms with Crippen LogP contribution < -0.4 is 0 Å². The SMILES string of the molecule is CCC1CC2CC1C1C3CC(CC3CO)C21.OCC1CC2CC1C1C3CC(CO)C(C3)C21. The first kappa shape index (κ1) is 21.2. The van der Waals surface area contributed by atoms with Gasteiger partial charge in [0, 0.05) is 19.8 Å². The summed E-state index contributed by atoms with van der Waals surface area (Å²) in [6.07, 6.45) is 12.7. The van der Waals surface area contributed by atoms with Crippen molar-refractivity contribution in [1.29, 1.82) is 0 Å². The molecule has 16 atom stereocenters. The largest absolute Gasteiger partial charge is 0.396 e. The second-order valence-corrected chi connectivity index (χ2v) is 13.9. The second-order valence-electron chi connectivity index (χ2n) is 13.9. The van der Waals surface area contributed by atoms with E-state index in [4.69, 9.17) is 0 Å². The van der Waals surface area contributed by atoms with Crippen molar-refractivity contribution in [3.8, 4) is 0 Å². The van der Waals surface area contributed by atoms with Gasteiger partial charge in [-0.3, -0.25) is 0 Å². The van der Waals surface area contributed by atoms with Crippen LogP contribution in [0.2, 0.25) is 0 Å². The molecule has 0 aromatic carbocycles. The summed E-state index contributed by atoms with van der Waals surface area (Å²) in [5.74, 6) is 14.6. The lowest BCUT2D eigenvalue weighted by Crippen LogP contribution is -2.37. The van der Waals surface area contributed by atoms with Crippen LogP contribution in [0.4, 0.5) is 0 Å². The van der Waals surface area contributed by atoms with Crippen LogP contribution in [0.5, 0.6) is 0 Å². The zero-order chi connectivity index (χ0) is 21.7. The van der Waals surface area contributed by atoms with Crippen molar-refractivity contribution in [2.75, 3.05) is 19.8 Å². The fourth-order valence-electron chi connectivity index (χ4n) is 12.8. The first-order chi connectivity index (χ1) is 15.7. The molecule has 0 heterocycles. The summed E-state index contributed by atoms with van der Waals surface area (Å²) < 4.78 is 0. The summed E-state index contributed by atoms with van der Waals surface area (Å²) in [6.45, 7) is 3.70. The van der Waals surface area contributed by atoms with E-state index in [1.165, 1.54) is 44.9 Å². The van der Waals surface area contributed by atoms with Gasteiger partial charge < -0.3 is 15.3 Å². The number of aliphatic hydroxyl groups excluding tert-OH is 3. The van der Waals surface area contributed by atoms with E-state index in [2.05, 4.69) is 6.92 Å². The van der Waals surface area contributed by atoms with E-state index in [-0.39, 0.29) is 0 Å². The molecule has 3 N–H and O–H groups in total. The molecule has 8 bridgehead atoms. The molecule has 0 amide bonds. The summed E-state index contributed by atoms with van der Waals surface area (Å²) in [4.78, 5) is 0. The second kappa shape index (κ2) is 7.69. The highest BCUT2D eigenvalue weighted by Crippen LogP contribution is 2.71. The Kier molecular flexibility index (Phi) is 5.09. The molecule has 0 aliphatic heterocycles. The quantitative estimate of drug-likeness (QED) is 0.564. The molecule has 8 aliphatic rings. The van der Waals surface area contributed by atoms with E-state index in [0.717, 1.165) is 76.9 Å². The Morgan fingerprint density at radius 2 is 0.781 bits per heavy atom. The maximum atomic E-state index is 9.50. The lowest BCUT2D eigenvalue weighted by molar-refractivity contribution is 0.0352. The van der Waals surface area contributed by atoms with Crippen molar-refractivity contribution < 1.29 is 15.3 Å². The van der Waals surface area contributed by atoms with Gasteiger partial charge in [-0.15, -0.1) is 0 Å². The van der Waals surface area contributed by atoms with E-state index < -0.39 is 0 Å². The van der Waals surface area contributed by atoms with Gasteiger partial charge in [0.15, 0.2) is 0 Å². The highest BCUT2D eigenvalue weighted by Gasteiger charge is 2.65. The fourth-order valence-corrected chi connectivity index (χ4v) is 12.8. The van der Waals surface area contributed by atoms with E-state index in [0.29, 0.717) is 37.6 Å². The molecule has 32 heavy (non-hydrogen) atoms. The number of hydrogen-bond donors (Lipinski definition) is 3. The topological polar surface area (TPSA) is 60.7 Å². The maximum absolute atomic E-state index is 9.50. The van der Waals surface area contributed by atoms with E-state index in [9.17, 15) is 15.3 Å². The van der Waals surface area contributed by atoms with Crippen LogP contribution in [-0.2, 0) is 0 Å². The van der Waals surface area contributed by atoms with Gasteiger partial charge in [0.05, 0.1) is 0 Å². The normalized spacial score (nSPS) is 61.9. The Bertz CT molecular complexity index is 665. The molecular formula is C29H46O3. The minimum atomic E-state index is 0.422. The van der Waals surface area contributed by atoms with E-state index in [1.54, 1.807) is 12.8 Å². The smallest absolute Gasteiger partial charge is 0.0462 e. The molecule has 3 heteroatoms. The van der Waals surface area contributed by atoms with Gasteiger partial charge in [0.2, 0.25) is 0 Å². The van der Waals surface area contributed by atoms with Gasteiger partial charge >= 0.3 is 0 Å². The molecule has 0 radical (unpaired) electrons. The molecule has 0 spiro atoms. The third-order valence-electron chi connectivity index (χ3n) is 13.4. The molecule has 8 fully saturated rings. The monoisotopic (exact) mass is 442 g/mol. The first-order valence-electron chi connectivity index (χ1n) is 14.5. The van der Waals surface area contributed by atoms with Crippen molar-refractivity contribution in [2.45, 2.75) is 64.7 Å². The lowest BCUT2D eigenvalue weighted by atomic mass is 9.64. The average molecular weight is 443 g/mol. The first-order valence-corrected chi connectivity index (χ1v) is 14.5. The van der Waals surface area contributed by atoms with E-state index in [1.807, 2.05) is 0 Å². The summed E-state index contributed by atoms with van der Waals surface area (Å²) in [7, 11) is 0. The zero-order valence-electron chi connectivity index (χ0n) is 20.1. The molecule has 8 saturated carbocycles. The molecule has 8 rings (SSSR count). The minimum absolute atomic E-state index is 0.422. The van der Waals surface area contributed by atoms with Gasteiger partial charge in [0.25, 0.3) is 0 Å². The van der Waals surface area contributed by atoms with Gasteiger partial charge in [-0.2, -0.15) is 0 Å². The summed E-state index contributed by atoms with van der Waals surface area (Å²) in [6, 6.07) is 0. The lowest BCUT2D eigenvalue weighted by Gasteiger charge is -2.41. The number of aliphatic hydroxyl groups is 3. The molecule has 0 aromatic rings. The summed E-state index contributed by atoms with van der Waals surface area (Å²) in [5, 5.41) is 28.4. The van der Waals surface area contributed by atoms with Crippen LogP contribution in [0.1, 0.15) is 64.7 Å². The molecule has 16 unspecified atom stereocenters. The zero-order valence-corrected chi connectivity index (χ0v) is 20.1. The highest BCUT2D eigenvalue weighted by atomic mass is 16.3. The van der Waals surface area contributed by atoms with Crippen LogP contribution in [-0.4, -0.2) is 35.1 Å². The van der Waals surface area contributed by atoms with Crippen LogP contribution >= 0.6 is 0 Å². The Morgan fingerprint density at radius 3 is 1.19 bits per heavy atom. The average Bonchev–Trinajstić information content (AvgIpc) is 3.65.